The Hall–Kier alpha value is -2.05. The molecule has 1 heterocycles. The van der Waals surface area contributed by atoms with Crippen molar-refractivity contribution in [3.8, 4) is 0 Å². The van der Waals surface area contributed by atoms with Crippen LogP contribution in [-0.4, -0.2) is 42.3 Å². The third-order valence-electron chi connectivity index (χ3n) is 4.31. The number of hydrogen-bond acceptors (Lipinski definition) is 3. The van der Waals surface area contributed by atoms with Crippen molar-refractivity contribution >= 4 is 17.8 Å². The number of halogens is 4. The minimum Gasteiger partial charge on any atom is -0.295 e. The van der Waals surface area contributed by atoms with Gasteiger partial charge >= 0.3 is 6.18 Å². The van der Waals surface area contributed by atoms with Crippen LogP contribution in [0.3, 0.4) is 0 Å². The van der Waals surface area contributed by atoms with Gasteiger partial charge in [-0.05, 0) is 29.3 Å². The van der Waals surface area contributed by atoms with E-state index in [-0.39, 0.29) is 0 Å². The van der Waals surface area contributed by atoms with E-state index in [1.165, 1.54) is 12.1 Å². The first-order chi connectivity index (χ1) is 12.4. The minimum atomic E-state index is -4.31. The van der Waals surface area contributed by atoms with Gasteiger partial charge in [-0.25, -0.2) is 0 Å². The maximum absolute atomic E-state index is 12.6. The molecule has 0 radical (unpaired) electrons. The van der Waals surface area contributed by atoms with Crippen LogP contribution >= 0.6 is 11.6 Å². The zero-order chi connectivity index (χ0) is 18.6. The Morgan fingerprint density at radius 2 is 1.62 bits per heavy atom. The molecule has 1 aliphatic heterocycles. The van der Waals surface area contributed by atoms with Crippen LogP contribution in [0, 0.1) is 0 Å². The van der Waals surface area contributed by atoms with Gasteiger partial charge in [-0.1, -0.05) is 41.9 Å². The fraction of sp³-hybridized carbons (Fsp3) is 0.316. The van der Waals surface area contributed by atoms with Crippen LogP contribution in [-0.2, 0) is 12.7 Å². The SMILES string of the molecule is FC(F)(F)c1ccc(/C=N/N2CCN(Cc3ccccc3Cl)CC2)cc1. The molecule has 26 heavy (non-hydrogen) atoms. The van der Waals surface area contributed by atoms with Gasteiger partial charge in [-0.15, -0.1) is 0 Å². The molecular weight excluding hydrogens is 363 g/mol. The average molecular weight is 382 g/mol. The van der Waals surface area contributed by atoms with E-state index < -0.39 is 11.7 Å². The van der Waals surface area contributed by atoms with Crippen molar-refractivity contribution in [1.82, 2.24) is 9.91 Å². The molecule has 0 bridgehead atoms. The van der Waals surface area contributed by atoms with Crippen molar-refractivity contribution in [3.05, 3.63) is 70.2 Å². The highest BCUT2D eigenvalue weighted by atomic mass is 35.5. The third-order valence-corrected chi connectivity index (χ3v) is 4.68. The fourth-order valence-corrected chi connectivity index (χ4v) is 2.98. The summed E-state index contributed by atoms with van der Waals surface area (Å²) in [6.45, 7) is 4.05. The first kappa shape index (κ1) is 18.7. The molecule has 0 aliphatic carbocycles. The number of nitrogens with zero attached hydrogens (tertiary/aromatic N) is 3. The molecule has 0 atom stereocenters. The molecule has 7 heteroatoms. The molecule has 2 aromatic carbocycles. The Morgan fingerprint density at radius 3 is 2.23 bits per heavy atom. The van der Waals surface area contributed by atoms with Crippen LogP contribution in [0.4, 0.5) is 13.2 Å². The predicted molar refractivity (Wildman–Crippen MR) is 97.3 cm³/mol. The third kappa shape index (κ3) is 4.99. The molecule has 0 spiro atoms. The number of alkyl halides is 3. The van der Waals surface area contributed by atoms with Gasteiger partial charge in [0.05, 0.1) is 11.8 Å². The van der Waals surface area contributed by atoms with Crippen LogP contribution in [0.5, 0.6) is 0 Å². The van der Waals surface area contributed by atoms with Gasteiger partial charge in [0, 0.05) is 37.7 Å². The second kappa shape index (κ2) is 8.10. The van der Waals surface area contributed by atoms with E-state index >= 15 is 0 Å². The molecular formula is C19H19ClF3N3. The molecule has 0 N–H and O–H groups in total. The van der Waals surface area contributed by atoms with Crippen molar-refractivity contribution in [1.29, 1.82) is 0 Å². The van der Waals surface area contributed by atoms with Crippen molar-refractivity contribution in [3.63, 3.8) is 0 Å². The summed E-state index contributed by atoms with van der Waals surface area (Å²) in [5.74, 6) is 0. The molecule has 3 rings (SSSR count). The summed E-state index contributed by atoms with van der Waals surface area (Å²) >= 11 is 6.20. The Kier molecular flexibility index (Phi) is 5.84. The highest BCUT2D eigenvalue weighted by molar-refractivity contribution is 6.31. The van der Waals surface area contributed by atoms with Crippen LogP contribution < -0.4 is 0 Å². The lowest BCUT2D eigenvalue weighted by atomic mass is 10.1. The molecule has 1 aliphatic rings. The number of benzene rings is 2. The molecule has 1 fully saturated rings. The summed E-state index contributed by atoms with van der Waals surface area (Å²) < 4.78 is 37.7. The maximum Gasteiger partial charge on any atom is 0.416 e. The van der Waals surface area contributed by atoms with E-state index in [0.717, 1.165) is 55.4 Å². The van der Waals surface area contributed by atoms with Crippen molar-refractivity contribution in [2.24, 2.45) is 5.10 Å². The Morgan fingerprint density at radius 1 is 0.962 bits per heavy atom. The largest absolute Gasteiger partial charge is 0.416 e. The number of rotatable bonds is 4. The van der Waals surface area contributed by atoms with E-state index in [0.29, 0.717) is 5.56 Å². The van der Waals surface area contributed by atoms with Gasteiger partial charge in [-0.2, -0.15) is 18.3 Å². The monoisotopic (exact) mass is 381 g/mol. The van der Waals surface area contributed by atoms with Crippen LogP contribution in [0.15, 0.2) is 53.6 Å². The lowest BCUT2D eigenvalue weighted by Crippen LogP contribution is -2.43. The smallest absolute Gasteiger partial charge is 0.295 e. The summed E-state index contributed by atoms with van der Waals surface area (Å²) in [6, 6.07) is 12.8. The highest BCUT2D eigenvalue weighted by Crippen LogP contribution is 2.28. The Bertz CT molecular complexity index is 751. The molecule has 0 saturated carbocycles. The van der Waals surface area contributed by atoms with E-state index in [1.807, 2.05) is 29.3 Å². The highest BCUT2D eigenvalue weighted by Gasteiger charge is 2.29. The zero-order valence-electron chi connectivity index (χ0n) is 14.1. The number of piperazine rings is 1. The van der Waals surface area contributed by atoms with Crippen molar-refractivity contribution < 1.29 is 13.2 Å². The lowest BCUT2D eigenvalue weighted by molar-refractivity contribution is -0.137. The molecule has 3 nitrogen and oxygen atoms in total. The first-order valence-electron chi connectivity index (χ1n) is 8.34. The van der Waals surface area contributed by atoms with Crippen LogP contribution in [0.1, 0.15) is 16.7 Å². The summed E-state index contributed by atoms with van der Waals surface area (Å²) in [6.07, 6.45) is -2.71. The van der Waals surface area contributed by atoms with E-state index in [2.05, 4.69) is 10.0 Å². The van der Waals surface area contributed by atoms with Crippen LogP contribution in [0.2, 0.25) is 5.02 Å². The van der Waals surface area contributed by atoms with Crippen LogP contribution in [0.25, 0.3) is 0 Å². The van der Waals surface area contributed by atoms with Gasteiger partial charge in [0.15, 0.2) is 0 Å². The van der Waals surface area contributed by atoms with Gasteiger partial charge in [-0.3, -0.25) is 9.91 Å². The fourth-order valence-electron chi connectivity index (χ4n) is 2.78. The lowest BCUT2D eigenvalue weighted by Gasteiger charge is -2.33. The second-order valence-electron chi connectivity index (χ2n) is 6.19. The van der Waals surface area contributed by atoms with Gasteiger partial charge in [0.1, 0.15) is 0 Å². The quantitative estimate of drug-likeness (QED) is 0.726. The second-order valence-corrected chi connectivity index (χ2v) is 6.59. The summed E-state index contributed by atoms with van der Waals surface area (Å²) in [4.78, 5) is 2.31. The average Bonchev–Trinajstić information content (AvgIpc) is 2.63. The number of hydrazone groups is 1. The first-order valence-corrected chi connectivity index (χ1v) is 8.71. The molecule has 0 aromatic heterocycles. The normalized spacial score (nSPS) is 16.4. The summed E-state index contributed by atoms with van der Waals surface area (Å²) in [7, 11) is 0. The summed E-state index contributed by atoms with van der Waals surface area (Å²) in [5.41, 5.74) is 1.11. The zero-order valence-corrected chi connectivity index (χ0v) is 14.8. The standard InChI is InChI=1S/C19H19ClF3N3/c20-18-4-2-1-3-16(18)14-25-9-11-26(12-10-25)24-13-15-5-7-17(8-6-15)19(21,22)23/h1-8,13H,9-12,14H2/b24-13+. The van der Waals surface area contributed by atoms with Gasteiger partial charge in [0.2, 0.25) is 0 Å². The van der Waals surface area contributed by atoms with Crippen molar-refractivity contribution in [2.45, 2.75) is 12.7 Å². The summed E-state index contributed by atoms with van der Waals surface area (Å²) in [5, 5.41) is 7.08. The molecule has 2 aromatic rings. The molecule has 0 amide bonds. The van der Waals surface area contributed by atoms with E-state index in [9.17, 15) is 13.2 Å². The topological polar surface area (TPSA) is 18.8 Å². The molecule has 1 saturated heterocycles. The molecule has 0 unspecified atom stereocenters. The van der Waals surface area contributed by atoms with E-state index in [4.69, 9.17) is 11.6 Å². The Balaban J connectivity index is 1.51. The Labute approximate surface area is 155 Å². The van der Waals surface area contributed by atoms with E-state index in [1.54, 1.807) is 6.21 Å². The van der Waals surface area contributed by atoms with Crippen molar-refractivity contribution in [2.75, 3.05) is 26.2 Å². The van der Waals surface area contributed by atoms with Gasteiger partial charge in [0.25, 0.3) is 0 Å². The molecule has 138 valence electrons. The maximum atomic E-state index is 12.6. The minimum absolute atomic E-state index is 0.650. The predicted octanol–water partition coefficient (Wildman–Crippen LogP) is 4.51. The number of hydrogen-bond donors (Lipinski definition) is 0. The van der Waals surface area contributed by atoms with Gasteiger partial charge < -0.3 is 0 Å².